The molecular formula is C29H36N4O7. The van der Waals surface area contributed by atoms with Crippen molar-refractivity contribution in [3.05, 3.63) is 59.9 Å². The minimum Gasteiger partial charge on any atom is -0.394 e. The molecule has 40 heavy (non-hydrogen) atoms. The molecule has 2 aromatic heterocycles. The monoisotopic (exact) mass is 552 g/mol. The summed E-state index contributed by atoms with van der Waals surface area (Å²) in [5.41, 5.74) is 1.46. The first-order chi connectivity index (χ1) is 19.2. The first-order valence-electron chi connectivity index (χ1n) is 13.5. The molecular weight excluding hydrogens is 516 g/mol. The van der Waals surface area contributed by atoms with E-state index in [4.69, 9.17) is 9.47 Å². The molecule has 11 heteroatoms. The number of H-pyrrole nitrogens is 2. The van der Waals surface area contributed by atoms with Gasteiger partial charge >= 0.3 is 6.16 Å². The van der Waals surface area contributed by atoms with Crippen LogP contribution in [0.1, 0.15) is 43.1 Å². The van der Waals surface area contributed by atoms with Gasteiger partial charge in [-0.3, -0.25) is 4.90 Å². The number of likely N-dealkylation sites (tertiary alicyclic amines) is 2. The zero-order chi connectivity index (χ0) is 28.4. The number of rotatable bonds is 5. The van der Waals surface area contributed by atoms with Crippen molar-refractivity contribution in [2.75, 3.05) is 33.7 Å². The van der Waals surface area contributed by atoms with E-state index < -0.39 is 24.3 Å². The molecule has 0 saturated carbocycles. The topological polar surface area (TPSA) is 155 Å². The molecule has 0 aliphatic carbocycles. The van der Waals surface area contributed by atoms with Crippen LogP contribution in [0.2, 0.25) is 0 Å². The van der Waals surface area contributed by atoms with E-state index in [-0.39, 0.29) is 22.6 Å². The number of nitrogens with one attached hydrogen (secondary N) is 2. The number of hydrogen-bond acceptors (Lipinski definition) is 9. The highest BCUT2D eigenvalue weighted by molar-refractivity contribution is 5.93. The van der Waals surface area contributed by atoms with Gasteiger partial charge in [-0.2, -0.15) is 0 Å². The lowest BCUT2D eigenvalue weighted by Crippen LogP contribution is -2.45. The third-order valence-corrected chi connectivity index (χ3v) is 7.74. The molecule has 0 bridgehead atoms. The summed E-state index contributed by atoms with van der Waals surface area (Å²) in [5, 5.41) is 42.1. The number of carbonyl (C=O) groups excluding carboxylic acids is 1. The van der Waals surface area contributed by atoms with E-state index in [0.29, 0.717) is 28.2 Å². The average Bonchev–Trinajstić information content (AvgIpc) is 3.71. The number of aliphatic hydroxyl groups is 4. The summed E-state index contributed by atoms with van der Waals surface area (Å²) < 4.78 is 10.9. The van der Waals surface area contributed by atoms with Crippen LogP contribution in [0.5, 0.6) is 11.5 Å². The number of nitrogens with zero attached hydrogens (tertiary/aromatic N) is 2. The van der Waals surface area contributed by atoms with Crippen molar-refractivity contribution < 1.29 is 34.7 Å². The van der Waals surface area contributed by atoms with Crippen molar-refractivity contribution in [2.24, 2.45) is 0 Å². The maximum Gasteiger partial charge on any atom is 0.519 e. The summed E-state index contributed by atoms with van der Waals surface area (Å²) in [6.07, 6.45) is 4.38. The fraction of sp³-hybridized carbons (Fsp3) is 0.414. The number of likely N-dealkylation sites (N-methyl/N-ethyl adjacent to an activating group) is 1. The molecule has 4 heterocycles. The third-order valence-electron chi connectivity index (χ3n) is 7.74. The largest absolute Gasteiger partial charge is 0.519 e. The summed E-state index contributed by atoms with van der Waals surface area (Å²) in [5.74, 6) is -1.99. The van der Waals surface area contributed by atoms with Gasteiger partial charge in [0.05, 0.1) is 16.8 Å². The van der Waals surface area contributed by atoms with E-state index in [1.807, 2.05) is 11.9 Å². The van der Waals surface area contributed by atoms with Gasteiger partial charge < -0.3 is 44.8 Å². The maximum atomic E-state index is 12.7. The maximum absolute atomic E-state index is 12.7. The number of benzene rings is 2. The van der Waals surface area contributed by atoms with Gasteiger partial charge in [-0.25, -0.2) is 4.79 Å². The quantitative estimate of drug-likeness (QED) is 0.124. The molecule has 6 rings (SSSR count). The lowest BCUT2D eigenvalue weighted by Gasteiger charge is -2.33. The Hall–Kier alpha value is -3.45. The van der Waals surface area contributed by atoms with E-state index in [1.54, 1.807) is 24.3 Å². The van der Waals surface area contributed by atoms with Crippen molar-refractivity contribution in [1.29, 1.82) is 0 Å². The summed E-state index contributed by atoms with van der Waals surface area (Å²) in [7, 11) is 4.01. The van der Waals surface area contributed by atoms with Crippen LogP contribution in [-0.4, -0.2) is 86.1 Å². The zero-order valence-corrected chi connectivity index (χ0v) is 22.6. The smallest absolute Gasteiger partial charge is 0.394 e. The molecule has 2 aliphatic rings. The minimum absolute atomic E-state index is 0.0829. The number of hydrogen-bond donors (Lipinski definition) is 6. The molecule has 0 amide bonds. The molecule has 2 fully saturated rings. The lowest BCUT2D eigenvalue weighted by atomic mass is 9.95. The number of carbonyl (C=O) groups is 1. The predicted molar refractivity (Wildman–Crippen MR) is 149 cm³/mol. The molecule has 2 saturated heterocycles. The van der Waals surface area contributed by atoms with Crippen LogP contribution >= 0.6 is 0 Å². The Morgan fingerprint density at radius 3 is 2.05 bits per heavy atom. The first-order valence-corrected chi connectivity index (χ1v) is 13.5. The van der Waals surface area contributed by atoms with Crippen LogP contribution in [-0.2, 0) is 5.79 Å². The van der Waals surface area contributed by atoms with Gasteiger partial charge in [0.2, 0.25) is 5.79 Å². The summed E-state index contributed by atoms with van der Waals surface area (Å²) in [6, 6.07) is 9.28. The van der Waals surface area contributed by atoms with Crippen LogP contribution in [0.15, 0.2) is 48.8 Å². The van der Waals surface area contributed by atoms with Crippen molar-refractivity contribution in [3.8, 4) is 11.5 Å². The molecule has 1 atom stereocenters. The molecule has 0 radical (unpaired) electrons. The average molecular weight is 553 g/mol. The lowest BCUT2D eigenvalue weighted by molar-refractivity contribution is -0.206. The highest BCUT2D eigenvalue weighted by atomic mass is 16.7. The van der Waals surface area contributed by atoms with Gasteiger partial charge in [0.1, 0.15) is 11.5 Å². The van der Waals surface area contributed by atoms with E-state index >= 15 is 0 Å². The van der Waals surface area contributed by atoms with E-state index in [9.17, 15) is 25.2 Å². The van der Waals surface area contributed by atoms with Crippen molar-refractivity contribution in [2.45, 2.75) is 43.8 Å². The Bertz CT molecular complexity index is 1470. The van der Waals surface area contributed by atoms with Gasteiger partial charge in [-0.1, -0.05) is 12.1 Å². The molecule has 2 aliphatic heterocycles. The number of ether oxygens (including phenoxy) is 2. The summed E-state index contributed by atoms with van der Waals surface area (Å²) in [6.45, 7) is 3.39. The Kier molecular flexibility index (Phi) is 8.13. The molecule has 11 nitrogen and oxygen atoms in total. The highest BCUT2D eigenvalue weighted by Crippen LogP contribution is 2.39. The predicted octanol–water partition coefficient (Wildman–Crippen LogP) is 3.15. The number of aliphatic hydroxyl groups excluding tert-OH is 1. The SMILES string of the molecule is CN1CCCC1.CN1CCCC1C(O)(O)c1c[nH]c2cccc(OC(=O)Oc3cccc4[nH]cc(C(O)O)c34)c12. The van der Waals surface area contributed by atoms with Gasteiger partial charge in [-0.15, -0.1) is 0 Å². The van der Waals surface area contributed by atoms with E-state index in [2.05, 4.69) is 21.9 Å². The Morgan fingerprint density at radius 1 is 0.900 bits per heavy atom. The number of aromatic amines is 2. The van der Waals surface area contributed by atoms with Crippen LogP contribution in [0.4, 0.5) is 4.79 Å². The van der Waals surface area contributed by atoms with Crippen LogP contribution in [0.25, 0.3) is 21.8 Å². The van der Waals surface area contributed by atoms with Crippen molar-refractivity contribution in [3.63, 3.8) is 0 Å². The fourth-order valence-corrected chi connectivity index (χ4v) is 5.67. The van der Waals surface area contributed by atoms with Crippen LogP contribution < -0.4 is 9.47 Å². The second-order valence-corrected chi connectivity index (χ2v) is 10.5. The van der Waals surface area contributed by atoms with Crippen LogP contribution in [0, 0.1) is 0 Å². The van der Waals surface area contributed by atoms with Crippen molar-refractivity contribution in [1.82, 2.24) is 19.8 Å². The highest BCUT2D eigenvalue weighted by Gasteiger charge is 2.43. The molecule has 214 valence electrons. The van der Waals surface area contributed by atoms with E-state index in [1.165, 1.54) is 50.5 Å². The standard InChI is InChI=1S/C24H25N3O7.C5H11N/c1-27-10-4-9-19(27)24(31,32)14-12-26-16-6-3-8-18(21(14)16)34-23(30)33-17-7-2-5-15-20(17)13(11-25-15)22(28)29;1-6-4-2-3-5-6/h2-3,5-8,11-12,19,22,25-26,28-29,31-32H,4,9-10H2,1H3;2-5H2,1H3. The molecule has 2 aromatic carbocycles. The zero-order valence-electron chi connectivity index (χ0n) is 22.6. The fourth-order valence-electron chi connectivity index (χ4n) is 5.67. The second kappa shape index (κ2) is 11.6. The van der Waals surface area contributed by atoms with E-state index in [0.717, 1.165) is 13.0 Å². The molecule has 4 aromatic rings. The second-order valence-electron chi connectivity index (χ2n) is 10.5. The normalized spacial score (nSPS) is 18.4. The molecule has 6 N–H and O–H groups in total. The Balaban J connectivity index is 0.000000477. The Labute approximate surface area is 231 Å². The number of fused-ring (bicyclic) bond motifs is 2. The summed E-state index contributed by atoms with van der Waals surface area (Å²) >= 11 is 0. The molecule has 1 unspecified atom stereocenters. The third kappa shape index (κ3) is 5.57. The van der Waals surface area contributed by atoms with Gasteiger partial charge in [0, 0.05) is 34.6 Å². The first kappa shape index (κ1) is 28.1. The summed E-state index contributed by atoms with van der Waals surface area (Å²) in [4.78, 5) is 22.9. The Morgan fingerprint density at radius 2 is 1.50 bits per heavy atom. The van der Waals surface area contributed by atoms with Gasteiger partial charge in [-0.05, 0) is 83.7 Å². The van der Waals surface area contributed by atoms with Gasteiger partial charge in [0.15, 0.2) is 6.29 Å². The minimum atomic E-state index is -2.17. The van der Waals surface area contributed by atoms with Crippen LogP contribution in [0.3, 0.4) is 0 Å². The van der Waals surface area contributed by atoms with Gasteiger partial charge in [0.25, 0.3) is 0 Å². The molecule has 0 spiro atoms. The number of aromatic nitrogens is 2. The van der Waals surface area contributed by atoms with Crippen molar-refractivity contribution >= 4 is 28.0 Å².